The van der Waals surface area contributed by atoms with Crippen LogP contribution in [0.5, 0.6) is 5.75 Å². The van der Waals surface area contributed by atoms with Gasteiger partial charge in [0, 0.05) is 6.61 Å². The second-order valence-corrected chi connectivity index (χ2v) is 4.48. The Morgan fingerprint density at radius 2 is 2.06 bits per heavy atom. The monoisotopic (exact) mass is 252 g/mol. The van der Waals surface area contributed by atoms with Crippen LogP contribution in [-0.4, -0.2) is 24.0 Å². The van der Waals surface area contributed by atoms with Crippen LogP contribution in [0.1, 0.15) is 26.7 Å². The van der Waals surface area contributed by atoms with Gasteiger partial charge < -0.3 is 14.6 Å². The molecule has 0 aromatic heterocycles. The van der Waals surface area contributed by atoms with Crippen molar-refractivity contribution >= 4 is 6.16 Å². The van der Waals surface area contributed by atoms with E-state index < -0.39 is 6.16 Å². The van der Waals surface area contributed by atoms with Crippen molar-refractivity contribution in [3.63, 3.8) is 0 Å². The molecule has 1 atom stereocenters. The fourth-order valence-corrected chi connectivity index (χ4v) is 1.72. The minimum absolute atomic E-state index is 0.343. The zero-order valence-electron chi connectivity index (χ0n) is 10.8. The van der Waals surface area contributed by atoms with Crippen molar-refractivity contribution in [3.8, 4) is 5.75 Å². The maximum absolute atomic E-state index is 9.95. The van der Waals surface area contributed by atoms with E-state index in [0.717, 1.165) is 12.5 Å². The van der Waals surface area contributed by atoms with Crippen molar-refractivity contribution in [2.75, 3.05) is 6.61 Å². The molecule has 0 bridgehead atoms. The Morgan fingerprint density at radius 1 is 1.39 bits per heavy atom. The fraction of sp³-hybridized carbons (Fsp3) is 0.500. The van der Waals surface area contributed by atoms with Gasteiger partial charge in [-0.3, -0.25) is 0 Å². The molecule has 0 saturated carbocycles. The van der Waals surface area contributed by atoms with Gasteiger partial charge in [0.05, 0.1) is 6.10 Å². The first-order valence-electron chi connectivity index (χ1n) is 6.17. The Morgan fingerprint density at radius 3 is 2.44 bits per heavy atom. The number of benzene rings is 1. The lowest BCUT2D eigenvalue weighted by Gasteiger charge is -2.11. The van der Waals surface area contributed by atoms with Gasteiger partial charge in [-0.25, -0.2) is 4.79 Å². The summed E-state index contributed by atoms with van der Waals surface area (Å²) in [7, 11) is 0. The molecule has 1 fully saturated rings. The Balaban J connectivity index is 0.000000184. The molecule has 1 unspecified atom stereocenters. The van der Waals surface area contributed by atoms with Crippen LogP contribution >= 0.6 is 0 Å². The Kier molecular flexibility index (Phi) is 6.22. The zero-order valence-corrected chi connectivity index (χ0v) is 10.8. The molecule has 2 rings (SSSR count). The van der Waals surface area contributed by atoms with Gasteiger partial charge >= 0.3 is 6.16 Å². The molecule has 1 saturated heterocycles. The van der Waals surface area contributed by atoms with E-state index in [1.165, 1.54) is 12.8 Å². The van der Waals surface area contributed by atoms with E-state index in [2.05, 4.69) is 18.6 Å². The highest BCUT2D eigenvalue weighted by Crippen LogP contribution is 2.18. The number of para-hydroxylation sites is 1. The van der Waals surface area contributed by atoms with Gasteiger partial charge in [0.1, 0.15) is 5.75 Å². The molecule has 4 heteroatoms. The average Bonchev–Trinajstić information content (AvgIpc) is 2.84. The minimum atomic E-state index is -1.29. The van der Waals surface area contributed by atoms with Gasteiger partial charge in [0.2, 0.25) is 0 Å². The Labute approximate surface area is 108 Å². The molecule has 1 aromatic carbocycles. The van der Waals surface area contributed by atoms with Crippen LogP contribution < -0.4 is 4.74 Å². The molecule has 4 nitrogen and oxygen atoms in total. The topological polar surface area (TPSA) is 55.8 Å². The summed E-state index contributed by atoms with van der Waals surface area (Å²) >= 11 is 0. The average molecular weight is 252 g/mol. The summed E-state index contributed by atoms with van der Waals surface area (Å²) in [6.07, 6.45) is 1.82. The van der Waals surface area contributed by atoms with Gasteiger partial charge in [0.25, 0.3) is 0 Å². The molecule has 0 spiro atoms. The molecule has 0 aliphatic carbocycles. The summed E-state index contributed by atoms with van der Waals surface area (Å²) in [5.74, 6) is 1.06. The Hall–Kier alpha value is -1.55. The molecule has 1 aliphatic rings. The number of carbonyl (C=O) groups is 1. The van der Waals surface area contributed by atoms with Gasteiger partial charge in [-0.15, -0.1) is 0 Å². The number of carboxylic acid groups (broad SMARTS) is 1. The first-order valence-corrected chi connectivity index (χ1v) is 6.17. The van der Waals surface area contributed by atoms with Gasteiger partial charge in [-0.05, 0) is 30.9 Å². The van der Waals surface area contributed by atoms with Crippen LogP contribution in [0.15, 0.2) is 30.3 Å². The summed E-state index contributed by atoms with van der Waals surface area (Å²) in [5, 5.41) is 8.14. The predicted molar refractivity (Wildman–Crippen MR) is 68.9 cm³/mol. The third-order valence-electron chi connectivity index (χ3n) is 2.66. The predicted octanol–water partition coefficient (Wildman–Crippen LogP) is 3.56. The molecule has 1 heterocycles. The molecule has 1 N–H and O–H groups in total. The number of hydrogen-bond acceptors (Lipinski definition) is 3. The van der Waals surface area contributed by atoms with Crippen LogP contribution in [0.2, 0.25) is 0 Å². The lowest BCUT2D eigenvalue weighted by Crippen LogP contribution is -2.12. The smallest absolute Gasteiger partial charge is 0.449 e. The maximum atomic E-state index is 9.95. The Bertz CT molecular complexity index is 342. The SMILES string of the molecule is CC(C)C1CCCO1.O=C(O)Oc1ccccc1. The van der Waals surface area contributed by atoms with E-state index in [1.54, 1.807) is 30.3 Å². The van der Waals surface area contributed by atoms with Crippen LogP contribution in [-0.2, 0) is 4.74 Å². The summed E-state index contributed by atoms with van der Waals surface area (Å²) in [4.78, 5) is 9.95. The molecule has 0 radical (unpaired) electrons. The summed E-state index contributed by atoms with van der Waals surface area (Å²) in [5.41, 5.74) is 0. The van der Waals surface area contributed by atoms with Crippen molar-refractivity contribution in [1.82, 2.24) is 0 Å². The van der Waals surface area contributed by atoms with Crippen molar-refractivity contribution < 1.29 is 19.4 Å². The summed E-state index contributed by atoms with van der Waals surface area (Å²) in [6, 6.07) is 8.35. The second kappa shape index (κ2) is 7.71. The molecule has 0 amide bonds. The normalized spacial score (nSPS) is 18.1. The highest BCUT2D eigenvalue weighted by atomic mass is 16.7. The third-order valence-corrected chi connectivity index (χ3v) is 2.66. The maximum Gasteiger partial charge on any atom is 0.511 e. The van der Waals surface area contributed by atoms with Gasteiger partial charge in [0.15, 0.2) is 0 Å². The number of rotatable bonds is 2. The third kappa shape index (κ3) is 5.68. The van der Waals surface area contributed by atoms with Crippen molar-refractivity contribution in [2.24, 2.45) is 5.92 Å². The number of ether oxygens (including phenoxy) is 2. The minimum Gasteiger partial charge on any atom is -0.449 e. The molecule has 1 aromatic rings. The lowest BCUT2D eigenvalue weighted by molar-refractivity contribution is 0.0758. The van der Waals surface area contributed by atoms with Crippen molar-refractivity contribution in [1.29, 1.82) is 0 Å². The first kappa shape index (κ1) is 14.5. The van der Waals surface area contributed by atoms with Crippen LogP contribution in [0.3, 0.4) is 0 Å². The van der Waals surface area contributed by atoms with Crippen LogP contribution in [0.4, 0.5) is 4.79 Å². The molecule has 100 valence electrons. The van der Waals surface area contributed by atoms with E-state index in [9.17, 15) is 4.79 Å². The first-order chi connectivity index (χ1) is 8.59. The largest absolute Gasteiger partial charge is 0.511 e. The summed E-state index contributed by atoms with van der Waals surface area (Å²) in [6.45, 7) is 5.43. The zero-order chi connectivity index (χ0) is 13.4. The number of hydrogen-bond donors (Lipinski definition) is 1. The summed E-state index contributed by atoms with van der Waals surface area (Å²) < 4.78 is 9.75. The standard InChI is InChI=1S/C7H6O3.C7H14O/c8-7(9)10-6-4-2-1-3-5-6;1-6(2)7-4-3-5-8-7/h1-5H,(H,8,9);6-7H,3-5H2,1-2H3. The molecular formula is C14H20O4. The van der Waals surface area contributed by atoms with E-state index in [1.807, 2.05) is 0 Å². The quantitative estimate of drug-likeness (QED) is 0.645. The lowest BCUT2D eigenvalue weighted by atomic mass is 10.1. The van der Waals surface area contributed by atoms with Crippen molar-refractivity contribution in [3.05, 3.63) is 30.3 Å². The second-order valence-electron chi connectivity index (χ2n) is 4.48. The van der Waals surface area contributed by atoms with E-state index in [0.29, 0.717) is 11.9 Å². The highest BCUT2D eigenvalue weighted by Gasteiger charge is 2.17. The highest BCUT2D eigenvalue weighted by molar-refractivity contribution is 5.60. The van der Waals surface area contributed by atoms with E-state index in [-0.39, 0.29) is 0 Å². The molecule has 1 aliphatic heterocycles. The van der Waals surface area contributed by atoms with Crippen LogP contribution in [0.25, 0.3) is 0 Å². The van der Waals surface area contributed by atoms with Gasteiger partial charge in [-0.1, -0.05) is 32.0 Å². The van der Waals surface area contributed by atoms with Gasteiger partial charge in [-0.2, -0.15) is 0 Å². The molecule has 18 heavy (non-hydrogen) atoms. The van der Waals surface area contributed by atoms with E-state index in [4.69, 9.17) is 9.84 Å². The molecular weight excluding hydrogens is 232 g/mol. The fourth-order valence-electron chi connectivity index (χ4n) is 1.72. The van der Waals surface area contributed by atoms with Crippen molar-refractivity contribution in [2.45, 2.75) is 32.8 Å². The van der Waals surface area contributed by atoms with Crippen LogP contribution in [0, 0.1) is 5.92 Å². The van der Waals surface area contributed by atoms with E-state index >= 15 is 0 Å².